The predicted molar refractivity (Wildman–Crippen MR) is 116 cm³/mol. The second-order valence-electron chi connectivity index (χ2n) is 7.52. The number of aryl methyl sites for hydroxylation is 3. The van der Waals surface area contributed by atoms with E-state index in [2.05, 4.69) is 15.3 Å². The van der Waals surface area contributed by atoms with Crippen LogP contribution in [0.3, 0.4) is 0 Å². The number of hydrogen-bond donors (Lipinski definition) is 1. The first-order valence-electron chi connectivity index (χ1n) is 9.91. The Labute approximate surface area is 178 Å². The van der Waals surface area contributed by atoms with E-state index >= 15 is 0 Å². The van der Waals surface area contributed by atoms with E-state index in [0.717, 1.165) is 35.1 Å². The molecule has 0 aliphatic carbocycles. The molecule has 1 aliphatic rings. The molecule has 0 radical (unpaired) electrons. The lowest BCUT2D eigenvalue weighted by Crippen LogP contribution is -2.37. The van der Waals surface area contributed by atoms with Crippen molar-refractivity contribution in [2.24, 2.45) is 0 Å². The molecule has 1 amide bonds. The van der Waals surface area contributed by atoms with Crippen LogP contribution < -0.4 is 11.0 Å². The average Bonchev–Trinajstić information content (AvgIpc) is 3.34. The van der Waals surface area contributed by atoms with Crippen molar-refractivity contribution in [1.82, 2.24) is 24.4 Å². The van der Waals surface area contributed by atoms with E-state index in [1.165, 1.54) is 15.9 Å². The lowest BCUT2D eigenvalue weighted by atomic mass is 10.1. The lowest BCUT2D eigenvalue weighted by molar-refractivity contribution is -0.133. The van der Waals surface area contributed by atoms with Gasteiger partial charge < -0.3 is 10.2 Å². The van der Waals surface area contributed by atoms with Crippen molar-refractivity contribution in [2.75, 3.05) is 11.9 Å². The minimum Gasteiger partial charge on any atom is -0.333 e. The molecule has 1 atom stereocenters. The smallest absolute Gasteiger partial charge is 0.333 e. The monoisotopic (exact) mass is 424 g/mol. The molecule has 0 spiro atoms. The van der Waals surface area contributed by atoms with Gasteiger partial charge in [0, 0.05) is 23.3 Å². The number of pyridine rings is 1. The van der Waals surface area contributed by atoms with Gasteiger partial charge in [0.25, 0.3) is 0 Å². The number of nitrogens with one attached hydrogen (secondary N) is 1. The molecule has 3 aromatic rings. The highest BCUT2D eigenvalue weighted by Crippen LogP contribution is 2.32. The number of hydrogen-bond acceptors (Lipinski definition) is 7. The molecule has 0 saturated carbocycles. The van der Waals surface area contributed by atoms with Crippen molar-refractivity contribution in [3.05, 3.63) is 62.9 Å². The quantitative estimate of drug-likeness (QED) is 0.676. The molecule has 1 fully saturated rings. The number of aromatic nitrogens is 4. The van der Waals surface area contributed by atoms with Crippen LogP contribution in [0.2, 0.25) is 0 Å². The number of likely N-dealkylation sites (tertiary alicyclic amines) is 1. The van der Waals surface area contributed by atoms with Gasteiger partial charge >= 0.3 is 5.69 Å². The predicted octanol–water partition coefficient (Wildman–Crippen LogP) is 3.13. The highest BCUT2D eigenvalue weighted by atomic mass is 32.1. The molecule has 30 heavy (non-hydrogen) atoms. The van der Waals surface area contributed by atoms with Gasteiger partial charge in [0.15, 0.2) is 5.13 Å². The fourth-order valence-corrected chi connectivity index (χ4v) is 4.49. The summed E-state index contributed by atoms with van der Waals surface area (Å²) in [6, 6.07) is 7.48. The molecule has 1 aliphatic heterocycles. The van der Waals surface area contributed by atoms with Crippen LogP contribution in [0, 0.1) is 20.8 Å². The molecule has 0 unspecified atom stereocenters. The summed E-state index contributed by atoms with van der Waals surface area (Å²) >= 11 is 1.53. The maximum absolute atomic E-state index is 13.1. The van der Waals surface area contributed by atoms with Crippen molar-refractivity contribution in [2.45, 2.75) is 46.2 Å². The molecule has 0 aromatic carbocycles. The van der Waals surface area contributed by atoms with Gasteiger partial charge in [-0.1, -0.05) is 6.07 Å². The number of amides is 1. The van der Waals surface area contributed by atoms with Gasteiger partial charge in [-0.25, -0.2) is 14.8 Å². The van der Waals surface area contributed by atoms with E-state index in [-0.39, 0.29) is 24.2 Å². The highest BCUT2D eigenvalue weighted by Gasteiger charge is 2.31. The minimum atomic E-state index is -0.389. The largest absolute Gasteiger partial charge is 0.348 e. The lowest BCUT2D eigenvalue weighted by Gasteiger charge is -2.25. The standard InChI is InChI=1S/C21H24N6O2S/c1-13-10-15(3)27(21(29)23-13)11-19(28)26-9-5-7-17(26)16-6-4-8-18(24-16)25-20-22-14(2)12-30-20/h4,6,8,10,12,17H,5,7,9,11H2,1-3H3,(H,22,24,25)/t17-/m1/s1. The Morgan fingerprint density at radius 1 is 1.20 bits per heavy atom. The van der Waals surface area contributed by atoms with Crippen molar-refractivity contribution in [1.29, 1.82) is 0 Å². The Morgan fingerprint density at radius 2 is 2.03 bits per heavy atom. The molecule has 1 N–H and O–H groups in total. The molecule has 4 heterocycles. The molecular weight excluding hydrogens is 400 g/mol. The average molecular weight is 425 g/mol. The Balaban J connectivity index is 1.53. The van der Waals surface area contributed by atoms with Gasteiger partial charge in [-0.2, -0.15) is 4.98 Å². The number of rotatable bonds is 5. The normalized spacial score (nSPS) is 16.1. The van der Waals surface area contributed by atoms with Crippen molar-refractivity contribution in [3.8, 4) is 0 Å². The van der Waals surface area contributed by atoms with Crippen LogP contribution in [0.4, 0.5) is 10.9 Å². The Kier molecular flexibility index (Phi) is 5.63. The van der Waals surface area contributed by atoms with Crippen LogP contribution in [0.25, 0.3) is 0 Å². The van der Waals surface area contributed by atoms with Crippen LogP contribution in [0.15, 0.2) is 34.4 Å². The summed E-state index contributed by atoms with van der Waals surface area (Å²) in [5, 5.41) is 6.00. The van der Waals surface area contributed by atoms with Crippen molar-refractivity contribution < 1.29 is 4.79 Å². The zero-order chi connectivity index (χ0) is 21.3. The van der Waals surface area contributed by atoms with Crippen LogP contribution in [-0.2, 0) is 11.3 Å². The van der Waals surface area contributed by atoms with E-state index in [9.17, 15) is 9.59 Å². The molecule has 0 bridgehead atoms. The summed E-state index contributed by atoms with van der Waals surface area (Å²) in [5.74, 6) is 0.611. The summed E-state index contributed by atoms with van der Waals surface area (Å²) in [6.07, 6.45) is 1.75. The van der Waals surface area contributed by atoms with E-state index in [4.69, 9.17) is 4.98 Å². The maximum atomic E-state index is 13.1. The second-order valence-corrected chi connectivity index (χ2v) is 8.38. The van der Waals surface area contributed by atoms with Crippen LogP contribution in [0.5, 0.6) is 0 Å². The van der Waals surface area contributed by atoms with Gasteiger partial charge in [0.2, 0.25) is 5.91 Å². The van der Waals surface area contributed by atoms with Gasteiger partial charge in [-0.15, -0.1) is 11.3 Å². The zero-order valence-electron chi connectivity index (χ0n) is 17.3. The Morgan fingerprint density at radius 3 is 2.77 bits per heavy atom. The number of nitrogens with zero attached hydrogens (tertiary/aromatic N) is 5. The summed E-state index contributed by atoms with van der Waals surface area (Å²) < 4.78 is 1.43. The van der Waals surface area contributed by atoms with E-state index in [0.29, 0.717) is 18.1 Å². The summed E-state index contributed by atoms with van der Waals surface area (Å²) in [4.78, 5) is 40.2. The van der Waals surface area contributed by atoms with E-state index < -0.39 is 0 Å². The molecule has 3 aromatic heterocycles. The van der Waals surface area contributed by atoms with E-state index in [1.807, 2.05) is 48.4 Å². The summed E-state index contributed by atoms with van der Waals surface area (Å²) in [5.41, 5.74) is 2.80. The van der Waals surface area contributed by atoms with Crippen LogP contribution in [0.1, 0.15) is 41.7 Å². The zero-order valence-corrected chi connectivity index (χ0v) is 18.1. The summed E-state index contributed by atoms with van der Waals surface area (Å²) in [7, 11) is 0. The number of carbonyl (C=O) groups is 1. The first-order chi connectivity index (χ1) is 14.4. The third kappa shape index (κ3) is 4.25. The van der Waals surface area contributed by atoms with Crippen molar-refractivity contribution in [3.63, 3.8) is 0 Å². The molecule has 4 rings (SSSR count). The van der Waals surface area contributed by atoms with E-state index in [1.54, 1.807) is 6.92 Å². The fourth-order valence-electron chi connectivity index (χ4n) is 3.79. The fraction of sp³-hybridized carbons (Fsp3) is 0.381. The van der Waals surface area contributed by atoms with Crippen LogP contribution >= 0.6 is 11.3 Å². The second kappa shape index (κ2) is 8.35. The SMILES string of the molecule is Cc1csc(Nc2cccc([C@H]3CCCN3C(=O)Cn3c(C)cc(C)nc3=O)n2)n1. The molecule has 8 nitrogen and oxygen atoms in total. The van der Waals surface area contributed by atoms with Crippen molar-refractivity contribution >= 4 is 28.2 Å². The third-order valence-corrected chi connectivity index (χ3v) is 6.05. The molecule has 1 saturated heterocycles. The molecule has 156 valence electrons. The molecule has 9 heteroatoms. The third-order valence-electron chi connectivity index (χ3n) is 5.18. The summed E-state index contributed by atoms with van der Waals surface area (Å²) in [6.45, 7) is 6.19. The van der Waals surface area contributed by atoms with Crippen LogP contribution in [-0.4, -0.2) is 36.9 Å². The van der Waals surface area contributed by atoms with Gasteiger partial charge in [0.05, 0.1) is 17.4 Å². The number of anilines is 2. The van der Waals surface area contributed by atoms with Gasteiger partial charge in [0.1, 0.15) is 12.4 Å². The minimum absolute atomic E-state index is 0.00915. The number of thiazole rings is 1. The van der Waals surface area contributed by atoms with Gasteiger partial charge in [-0.05, 0) is 51.8 Å². The topological polar surface area (TPSA) is 93.0 Å². The first-order valence-corrected chi connectivity index (χ1v) is 10.8. The van der Waals surface area contributed by atoms with Gasteiger partial charge in [-0.3, -0.25) is 9.36 Å². The Bertz CT molecular complexity index is 1140. The maximum Gasteiger partial charge on any atom is 0.348 e. The Hall–Kier alpha value is -3.07. The first kappa shape index (κ1) is 20.2. The highest BCUT2D eigenvalue weighted by molar-refractivity contribution is 7.13. The number of carbonyl (C=O) groups excluding carboxylic acids is 1. The molecular formula is C21H24N6O2S.